The van der Waals surface area contributed by atoms with Gasteiger partial charge < -0.3 is 4.74 Å². The monoisotopic (exact) mass is 314 g/mol. The van der Waals surface area contributed by atoms with Gasteiger partial charge in [0.1, 0.15) is 12.3 Å². The number of ether oxygens (including phenoxy) is 1. The Kier molecular flexibility index (Phi) is 5.03. The molecule has 0 radical (unpaired) electrons. The molecule has 0 saturated carbocycles. The highest BCUT2D eigenvalue weighted by atomic mass is 16.6. The van der Waals surface area contributed by atoms with E-state index in [-0.39, 0.29) is 29.3 Å². The zero-order valence-corrected chi connectivity index (χ0v) is 12.3. The summed E-state index contributed by atoms with van der Waals surface area (Å²) in [6.07, 6.45) is -0.812. The van der Waals surface area contributed by atoms with Gasteiger partial charge in [0.05, 0.1) is 4.92 Å². The van der Waals surface area contributed by atoms with Gasteiger partial charge in [-0.25, -0.2) is 4.79 Å². The summed E-state index contributed by atoms with van der Waals surface area (Å²) in [5.74, 6) is -0.300. The van der Waals surface area contributed by atoms with Crippen LogP contribution in [0.2, 0.25) is 0 Å². The molecule has 0 spiro atoms. The predicted octanol–water partition coefficient (Wildman–Crippen LogP) is 3.55. The Morgan fingerprint density at radius 1 is 1.17 bits per heavy atom. The molecule has 0 atom stereocenters. The summed E-state index contributed by atoms with van der Waals surface area (Å²) in [4.78, 5) is 33.4. The molecule has 23 heavy (non-hydrogen) atoms. The highest BCUT2D eigenvalue weighted by molar-refractivity contribution is 5.96. The van der Waals surface area contributed by atoms with Crippen molar-refractivity contribution in [2.45, 2.75) is 13.5 Å². The fraction of sp³-hybridized carbons (Fsp3) is 0.125. The number of Topliss-reactive ketones (excluding diaryl/α,β-unsaturated/α-hetero) is 1. The van der Waals surface area contributed by atoms with Crippen molar-refractivity contribution < 1.29 is 19.2 Å². The van der Waals surface area contributed by atoms with Gasteiger partial charge in [0.2, 0.25) is 0 Å². The van der Waals surface area contributed by atoms with Crippen LogP contribution in [-0.2, 0) is 11.3 Å². The normalized spacial score (nSPS) is 9.96. The molecule has 1 amide bonds. The molecule has 0 aliphatic heterocycles. The van der Waals surface area contributed by atoms with Crippen LogP contribution in [0.5, 0.6) is 0 Å². The van der Waals surface area contributed by atoms with E-state index in [9.17, 15) is 19.7 Å². The smallest absolute Gasteiger partial charge is 0.412 e. The Hall–Kier alpha value is -3.22. The molecule has 1 N–H and O–H groups in total. The first kappa shape index (κ1) is 16.2. The van der Waals surface area contributed by atoms with E-state index >= 15 is 0 Å². The first-order chi connectivity index (χ1) is 11.0. The second kappa shape index (κ2) is 7.17. The van der Waals surface area contributed by atoms with Gasteiger partial charge in [-0.2, -0.15) is 0 Å². The van der Waals surface area contributed by atoms with E-state index in [1.165, 1.54) is 19.1 Å². The lowest BCUT2D eigenvalue weighted by atomic mass is 10.1. The molecule has 7 heteroatoms. The van der Waals surface area contributed by atoms with Crippen LogP contribution in [0.4, 0.5) is 16.2 Å². The van der Waals surface area contributed by atoms with Gasteiger partial charge >= 0.3 is 6.09 Å². The van der Waals surface area contributed by atoms with E-state index < -0.39 is 11.0 Å². The minimum absolute atomic E-state index is 0.0296. The number of hydrogen-bond donors (Lipinski definition) is 1. The fourth-order valence-corrected chi connectivity index (χ4v) is 1.88. The number of carbonyl (C=O) groups excluding carboxylic acids is 2. The number of carbonyl (C=O) groups is 2. The zero-order chi connectivity index (χ0) is 16.8. The number of hydrogen-bond acceptors (Lipinski definition) is 5. The maximum atomic E-state index is 11.8. The Labute approximate surface area is 132 Å². The van der Waals surface area contributed by atoms with Crippen molar-refractivity contribution >= 4 is 23.3 Å². The number of benzene rings is 2. The topological polar surface area (TPSA) is 98.5 Å². The minimum atomic E-state index is -0.812. The maximum absolute atomic E-state index is 11.8. The number of ketones is 1. The van der Waals surface area contributed by atoms with E-state index in [0.29, 0.717) is 0 Å². The third-order valence-electron chi connectivity index (χ3n) is 3.05. The van der Waals surface area contributed by atoms with Gasteiger partial charge in [-0.1, -0.05) is 30.3 Å². The summed E-state index contributed by atoms with van der Waals surface area (Å²) in [5, 5.41) is 13.4. The molecule has 0 aliphatic rings. The van der Waals surface area contributed by atoms with Crippen molar-refractivity contribution in [3.05, 3.63) is 69.8 Å². The molecular formula is C16H14N2O5. The molecule has 0 heterocycles. The van der Waals surface area contributed by atoms with Crippen LogP contribution < -0.4 is 5.32 Å². The average molecular weight is 314 g/mol. The first-order valence-electron chi connectivity index (χ1n) is 6.74. The van der Waals surface area contributed by atoms with Crippen molar-refractivity contribution in [2.75, 3.05) is 5.32 Å². The van der Waals surface area contributed by atoms with Gasteiger partial charge in [0, 0.05) is 11.6 Å². The van der Waals surface area contributed by atoms with Crippen molar-refractivity contribution in [1.82, 2.24) is 0 Å². The van der Waals surface area contributed by atoms with E-state index in [1.807, 2.05) is 18.2 Å². The van der Waals surface area contributed by atoms with Crippen molar-refractivity contribution in [1.29, 1.82) is 0 Å². The Morgan fingerprint density at radius 2 is 1.87 bits per heavy atom. The highest BCUT2D eigenvalue weighted by Gasteiger charge is 2.18. The summed E-state index contributed by atoms with van der Waals surface area (Å²) >= 11 is 0. The lowest BCUT2D eigenvalue weighted by Gasteiger charge is -2.08. The van der Waals surface area contributed by atoms with E-state index in [0.717, 1.165) is 11.6 Å². The molecule has 2 aromatic rings. The highest BCUT2D eigenvalue weighted by Crippen LogP contribution is 2.26. The largest absolute Gasteiger partial charge is 0.444 e. The van der Waals surface area contributed by atoms with Crippen molar-refractivity contribution in [3.63, 3.8) is 0 Å². The fourth-order valence-electron chi connectivity index (χ4n) is 1.88. The van der Waals surface area contributed by atoms with E-state index in [4.69, 9.17) is 4.74 Å². The molecule has 0 aromatic heterocycles. The zero-order valence-electron chi connectivity index (χ0n) is 12.3. The summed E-state index contributed by atoms with van der Waals surface area (Å²) in [6, 6.07) is 12.9. The van der Waals surface area contributed by atoms with Gasteiger partial charge in [-0.15, -0.1) is 0 Å². The SMILES string of the molecule is CC(=O)c1ccc(NC(=O)OCc2ccccc2)c([N+](=O)[O-])c1. The Balaban J connectivity index is 2.08. The standard InChI is InChI=1S/C16H14N2O5/c1-11(19)13-7-8-14(15(9-13)18(21)22)17-16(20)23-10-12-5-3-2-4-6-12/h2-9H,10H2,1H3,(H,17,20). The summed E-state index contributed by atoms with van der Waals surface area (Å²) in [7, 11) is 0. The van der Waals surface area contributed by atoms with Crippen LogP contribution >= 0.6 is 0 Å². The number of anilines is 1. The predicted molar refractivity (Wildman–Crippen MR) is 83.4 cm³/mol. The molecule has 0 fully saturated rings. The molecule has 118 valence electrons. The van der Waals surface area contributed by atoms with Crippen LogP contribution in [0.25, 0.3) is 0 Å². The molecule has 0 aliphatic carbocycles. The van der Waals surface area contributed by atoms with E-state index in [1.54, 1.807) is 12.1 Å². The van der Waals surface area contributed by atoms with Crippen LogP contribution in [-0.4, -0.2) is 16.8 Å². The minimum Gasteiger partial charge on any atom is -0.444 e. The lowest BCUT2D eigenvalue weighted by molar-refractivity contribution is -0.383. The molecule has 0 saturated heterocycles. The van der Waals surface area contributed by atoms with Crippen LogP contribution in [0.1, 0.15) is 22.8 Å². The maximum Gasteiger partial charge on any atom is 0.412 e. The van der Waals surface area contributed by atoms with Crippen molar-refractivity contribution in [2.24, 2.45) is 0 Å². The van der Waals surface area contributed by atoms with Gasteiger partial charge in [0.25, 0.3) is 5.69 Å². The van der Waals surface area contributed by atoms with Crippen LogP contribution in [0, 0.1) is 10.1 Å². The first-order valence-corrected chi connectivity index (χ1v) is 6.74. The summed E-state index contributed by atoms with van der Waals surface area (Å²) < 4.78 is 5.00. The van der Waals surface area contributed by atoms with Crippen LogP contribution in [0.3, 0.4) is 0 Å². The second-order valence-corrected chi connectivity index (χ2v) is 4.73. The molecule has 0 bridgehead atoms. The molecular weight excluding hydrogens is 300 g/mol. The third-order valence-corrected chi connectivity index (χ3v) is 3.05. The van der Waals surface area contributed by atoms with Crippen LogP contribution in [0.15, 0.2) is 48.5 Å². The van der Waals surface area contributed by atoms with Crippen molar-refractivity contribution in [3.8, 4) is 0 Å². The molecule has 7 nitrogen and oxygen atoms in total. The summed E-state index contributed by atoms with van der Waals surface area (Å²) in [6.45, 7) is 1.35. The number of nitrogens with zero attached hydrogens (tertiary/aromatic N) is 1. The average Bonchev–Trinajstić information content (AvgIpc) is 2.54. The second-order valence-electron chi connectivity index (χ2n) is 4.73. The number of nitrogens with one attached hydrogen (secondary N) is 1. The number of amides is 1. The quantitative estimate of drug-likeness (QED) is 0.517. The number of nitro benzene ring substituents is 1. The molecule has 2 rings (SSSR count). The lowest BCUT2D eigenvalue weighted by Crippen LogP contribution is -2.14. The van der Waals surface area contributed by atoms with E-state index in [2.05, 4.69) is 5.32 Å². The molecule has 0 unspecified atom stereocenters. The van der Waals surface area contributed by atoms with Gasteiger partial charge in [0.15, 0.2) is 5.78 Å². The van der Waals surface area contributed by atoms with Gasteiger partial charge in [-0.3, -0.25) is 20.2 Å². The third kappa shape index (κ3) is 4.37. The Morgan fingerprint density at radius 3 is 2.48 bits per heavy atom. The molecule has 2 aromatic carbocycles. The summed E-state index contributed by atoms with van der Waals surface area (Å²) in [5.41, 5.74) is 0.594. The Bertz CT molecular complexity index is 743. The van der Waals surface area contributed by atoms with Gasteiger partial charge in [-0.05, 0) is 24.6 Å². The number of nitro groups is 1. The number of rotatable bonds is 5.